The van der Waals surface area contributed by atoms with Crippen LogP contribution in [0.5, 0.6) is 5.75 Å². The lowest BCUT2D eigenvalue weighted by Crippen LogP contribution is -2.35. The number of hydrogen-bond donors (Lipinski definition) is 0. The number of ether oxygens (including phenoxy) is 2. The van der Waals surface area contributed by atoms with Crippen molar-refractivity contribution in [3.05, 3.63) is 41.5 Å². The predicted molar refractivity (Wildman–Crippen MR) is 76.2 cm³/mol. The molecule has 2 aliphatic heterocycles. The Morgan fingerprint density at radius 3 is 2.63 bits per heavy atom. The third-order valence-electron chi connectivity index (χ3n) is 4.42. The van der Waals surface area contributed by atoms with E-state index in [9.17, 15) is 0 Å². The molecule has 0 saturated carbocycles. The van der Waals surface area contributed by atoms with Gasteiger partial charge in [-0.1, -0.05) is 30.7 Å². The standard InChI is InChI=1S/C17H22O2/c1-10(2)9-15-16-11(3)12(4)18-17(16)13-7-5-6-8-14(13)19-15/h5-9,11-12,15-17H,1-4H3/t11-,12+,15-,16-,17+/m0/s1. The van der Waals surface area contributed by atoms with Crippen LogP contribution < -0.4 is 4.74 Å². The molecule has 0 spiro atoms. The maximum atomic E-state index is 6.22. The molecule has 0 radical (unpaired) electrons. The Morgan fingerprint density at radius 1 is 1.16 bits per heavy atom. The summed E-state index contributed by atoms with van der Waals surface area (Å²) in [4.78, 5) is 0. The lowest BCUT2D eigenvalue weighted by atomic mass is 9.79. The summed E-state index contributed by atoms with van der Waals surface area (Å²) in [5, 5.41) is 0. The second-order valence-electron chi connectivity index (χ2n) is 6.06. The van der Waals surface area contributed by atoms with Gasteiger partial charge in [0.15, 0.2) is 0 Å². The fourth-order valence-corrected chi connectivity index (χ4v) is 3.31. The van der Waals surface area contributed by atoms with Crippen LogP contribution in [0, 0.1) is 11.8 Å². The van der Waals surface area contributed by atoms with Gasteiger partial charge in [0.1, 0.15) is 11.9 Å². The molecule has 2 heteroatoms. The number of para-hydroxylation sites is 1. The van der Waals surface area contributed by atoms with E-state index in [0.29, 0.717) is 11.8 Å². The molecule has 1 aromatic carbocycles. The van der Waals surface area contributed by atoms with Crippen molar-refractivity contribution in [3.8, 4) is 5.75 Å². The highest BCUT2D eigenvalue weighted by Gasteiger charge is 2.48. The number of rotatable bonds is 1. The van der Waals surface area contributed by atoms with Crippen LogP contribution >= 0.6 is 0 Å². The van der Waals surface area contributed by atoms with Crippen LogP contribution in [0.3, 0.4) is 0 Å². The van der Waals surface area contributed by atoms with Gasteiger partial charge in [-0.2, -0.15) is 0 Å². The Balaban J connectivity index is 2.05. The van der Waals surface area contributed by atoms with Gasteiger partial charge >= 0.3 is 0 Å². The molecule has 2 heterocycles. The summed E-state index contributed by atoms with van der Waals surface area (Å²) in [6.07, 6.45) is 2.84. The molecule has 1 aromatic rings. The highest BCUT2D eigenvalue weighted by Crippen LogP contribution is 2.50. The van der Waals surface area contributed by atoms with E-state index in [1.54, 1.807) is 0 Å². The number of benzene rings is 1. The Bertz CT molecular complexity index is 502. The largest absolute Gasteiger partial charge is 0.486 e. The zero-order valence-electron chi connectivity index (χ0n) is 12.1. The molecule has 1 saturated heterocycles. The zero-order valence-corrected chi connectivity index (χ0v) is 12.1. The van der Waals surface area contributed by atoms with Gasteiger partial charge in [0.05, 0.1) is 12.2 Å². The highest BCUT2D eigenvalue weighted by molar-refractivity contribution is 5.39. The normalized spacial score (nSPS) is 36.1. The maximum absolute atomic E-state index is 6.22. The summed E-state index contributed by atoms with van der Waals surface area (Å²) in [5.74, 6) is 1.91. The van der Waals surface area contributed by atoms with Crippen LogP contribution in [0.25, 0.3) is 0 Å². The van der Waals surface area contributed by atoms with Gasteiger partial charge in [-0.05, 0) is 38.8 Å². The fraction of sp³-hybridized carbons (Fsp3) is 0.529. The maximum Gasteiger partial charge on any atom is 0.126 e. The van der Waals surface area contributed by atoms with Crippen molar-refractivity contribution in [2.24, 2.45) is 11.8 Å². The van der Waals surface area contributed by atoms with Gasteiger partial charge in [0.2, 0.25) is 0 Å². The number of allylic oxidation sites excluding steroid dienone is 1. The van der Waals surface area contributed by atoms with Crippen LogP contribution in [-0.4, -0.2) is 12.2 Å². The molecule has 2 nitrogen and oxygen atoms in total. The molecule has 0 N–H and O–H groups in total. The van der Waals surface area contributed by atoms with Gasteiger partial charge in [-0.3, -0.25) is 0 Å². The minimum absolute atomic E-state index is 0.129. The Kier molecular flexibility index (Phi) is 3.14. The zero-order chi connectivity index (χ0) is 13.6. The first kappa shape index (κ1) is 12.7. The molecule has 0 aliphatic carbocycles. The summed E-state index contributed by atoms with van der Waals surface area (Å²) in [5.41, 5.74) is 2.51. The molecule has 5 atom stereocenters. The van der Waals surface area contributed by atoms with Crippen molar-refractivity contribution in [1.29, 1.82) is 0 Å². The van der Waals surface area contributed by atoms with Gasteiger partial charge in [-0.15, -0.1) is 0 Å². The molecule has 19 heavy (non-hydrogen) atoms. The van der Waals surface area contributed by atoms with Crippen molar-refractivity contribution < 1.29 is 9.47 Å². The van der Waals surface area contributed by atoms with Crippen molar-refractivity contribution in [3.63, 3.8) is 0 Å². The minimum Gasteiger partial charge on any atom is -0.486 e. The van der Waals surface area contributed by atoms with Crippen LogP contribution in [0.4, 0.5) is 0 Å². The van der Waals surface area contributed by atoms with Gasteiger partial charge < -0.3 is 9.47 Å². The second kappa shape index (κ2) is 4.68. The topological polar surface area (TPSA) is 18.5 Å². The van der Waals surface area contributed by atoms with E-state index < -0.39 is 0 Å². The Hall–Kier alpha value is -1.28. The molecular formula is C17H22O2. The van der Waals surface area contributed by atoms with Crippen LogP contribution in [0.1, 0.15) is 39.4 Å². The van der Waals surface area contributed by atoms with E-state index in [0.717, 1.165) is 5.75 Å². The fourth-order valence-electron chi connectivity index (χ4n) is 3.31. The molecule has 3 rings (SSSR count). The molecule has 0 aromatic heterocycles. The number of hydrogen-bond acceptors (Lipinski definition) is 2. The lowest BCUT2D eigenvalue weighted by Gasteiger charge is -2.35. The smallest absolute Gasteiger partial charge is 0.126 e. The van der Waals surface area contributed by atoms with Crippen LogP contribution in [-0.2, 0) is 4.74 Å². The summed E-state index contributed by atoms with van der Waals surface area (Å²) in [6, 6.07) is 8.28. The predicted octanol–water partition coefficient (Wildman–Crippen LogP) is 4.13. The first-order valence-electron chi connectivity index (χ1n) is 7.14. The number of fused-ring (bicyclic) bond motifs is 3. The molecule has 1 fully saturated rings. The molecular weight excluding hydrogens is 236 g/mol. The first-order valence-corrected chi connectivity index (χ1v) is 7.14. The third kappa shape index (κ3) is 2.08. The first-order chi connectivity index (χ1) is 9.08. The summed E-state index contributed by atoms with van der Waals surface area (Å²) >= 11 is 0. The van der Waals surface area contributed by atoms with E-state index >= 15 is 0 Å². The quantitative estimate of drug-likeness (QED) is 0.705. The van der Waals surface area contributed by atoms with Gasteiger partial charge in [-0.25, -0.2) is 0 Å². The van der Waals surface area contributed by atoms with E-state index in [-0.39, 0.29) is 18.3 Å². The van der Waals surface area contributed by atoms with Crippen LogP contribution in [0.15, 0.2) is 35.9 Å². The Labute approximate surface area is 115 Å². The van der Waals surface area contributed by atoms with Crippen molar-refractivity contribution in [2.45, 2.75) is 46.0 Å². The van der Waals surface area contributed by atoms with E-state index in [1.165, 1.54) is 11.1 Å². The molecule has 0 amide bonds. The molecule has 2 aliphatic rings. The van der Waals surface area contributed by atoms with Crippen molar-refractivity contribution >= 4 is 0 Å². The SMILES string of the molecule is CC(C)=C[C@@H]1Oc2ccccc2[C@H]2O[C@H](C)[C@H](C)[C@@H]12. The minimum atomic E-state index is 0.129. The van der Waals surface area contributed by atoms with Crippen LogP contribution in [0.2, 0.25) is 0 Å². The van der Waals surface area contributed by atoms with Crippen molar-refractivity contribution in [1.82, 2.24) is 0 Å². The van der Waals surface area contributed by atoms with Gasteiger partial charge in [0, 0.05) is 11.5 Å². The summed E-state index contributed by atoms with van der Waals surface area (Å²) in [6.45, 7) is 8.70. The van der Waals surface area contributed by atoms with E-state index in [1.807, 2.05) is 6.07 Å². The monoisotopic (exact) mass is 258 g/mol. The average Bonchev–Trinajstić information content (AvgIpc) is 2.66. The second-order valence-corrected chi connectivity index (χ2v) is 6.06. The average molecular weight is 258 g/mol. The summed E-state index contributed by atoms with van der Waals surface area (Å²) < 4.78 is 12.4. The third-order valence-corrected chi connectivity index (χ3v) is 4.42. The Morgan fingerprint density at radius 2 is 1.89 bits per heavy atom. The molecule has 0 bridgehead atoms. The summed E-state index contributed by atoms with van der Waals surface area (Å²) in [7, 11) is 0. The molecule has 102 valence electrons. The molecule has 0 unspecified atom stereocenters. The highest BCUT2D eigenvalue weighted by atomic mass is 16.5. The van der Waals surface area contributed by atoms with Gasteiger partial charge in [0.25, 0.3) is 0 Å². The van der Waals surface area contributed by atoms with Crippen molar-refractivity contribution in [2.75, 3.05) is 0 Å². The lowest BCUT2D eigenvalue weighted by molar-refractivity contribution is 0.0102. The van der Waals surface area contributed by atoms with E-state index in [2.05, 4.69) is 52.0 Å². The van der Waals surface area contributed by atoms with E-state index in [4.69, 9.17) is 9.47 Å².